The van der Waals surface area contributed by atoms with Crippen LogP contribution in [-0.4, -0.2) is 21.7 Å². The first-order valence-electron chi connectivity index (χ1n) is 7.04. The van der Waals surface area contributed by atoms with Gasteiger partial charge in [-0.1, -0.05) is 17.7 Å². The maximum Gasteiger partial charge on any atom is 0.142 e. The molecule has 0 aliphatic rings. The Morgan fingerprint density at radius 3 is 2.68 bits per heavy atom. The minimum absolute atomic E-state index is 0.0660. The highest BCUT2D eigenvalue weighted by molar-refractivity contribution is 6.30. The number of halogens is 2. The van der Waals surface area contributed by atoms with E-state index in [1.807, 2.05) is 20.8 Å². The number of nitrogens with zero attached hydrogens (tertiary/aromatic N) is 2. The van der Waals surface area contributed by atoms with E-state index >= 15 is 0 Å². The molecule has 0 saturated carbocycles. The van der Waals surface area contributed by atoms with Crippen LogP contribution in [0, 0.1) is 19.7 Å². The fraction of sp³-hybridized carbons (Fsp3) is 0.375. The smallest absolute Gasteiger partial charge is 0.142 e. The standard InChI is InChI=1S/C16H19ClFN3O/c1-9-13(7-19-11(3)20-9)10(2)21-16(8-22)12-4-5-14(17)15(18)6-12/h4-7,10,16,21-22H,8H2,1-3H3. The predicted octanol–water partition coefficient (Wildman–Crippen LogP) is 3.27. The molecule has 2 aromatic rings. The third-order valence-electron chi connectivity index (χ3n) is 3.58. The summed E-state index contributed by atoms with van der Waals surface area (Å²) in [6, 6.07) is 4.03. The van der Waals surface area contributed by atoms with Crippen molar-refractivity contribution in [3.63, 3.8) is 0 Å². The maximum absolute atomic E-state index is 13.6. The van der Waals surface area contributed by atoms with E-state index in [-0.39, 0.29) is 17.7 Å². The number of hydrogen-bond donors (Lipinski definition) is 2. The van der Waals surface area contributed by atoms with Crippen molar-refractivity contribution in [2.24, 2.45) is 0 Å². The molecule has 0 spiro atoms. The van der Waals surface area contributed by atoms with Gasteiger partial charge in [0.15, 0.2) is 0 Å². The summed E-state index contributed by atoms with van der Waals surface area (Å²) >= 11 is 5.69. The van der Waals surface area contributed by atoms with Gasteiger partial charge in [0.2, 0.25) is 0 Å². The van der Waals surface area contributed by atoms with E-state index in [1.54, 1.807) is 12.3 Å². The van der Waals surface area contributed by atoms with E-state index in [1.165, 1.54) is 12.1 Å². The molecule has 0 amide bonds. The number of aryl methyl sites for hydroxylation is 2. The highest BCUT2D eigenvalue weighted by Crippen LogP contribution is 2.23. The summed E-state index contributed by atoms with van der Waals surface area (Å²) in [4.78, 5) is 8.54. The summed E-state index contributed by atoms with van der Waals surface area (Å²) in [6.45, 7) is 5.55. The Bertz CT molecular complexity index is 666. The van der Waals surface area contributed by atoms with Gasteiger partial charge >= 0.3 is 0 Å². The van der Waals surface area contributed by atoms with Crippen molar-refractivity contribution in [2.75, 3.05) is 6.61 Å². The number of nitrogens with one attached hydrogen (secondary N) is 1. The van der Waals surface area contributed by atoms with Crippen LogP contribution in [0.15, 0.2) is 24.4 Å². The van der Waals surface area contributed by atoms with Crippen molar-refractivity contribution in [3.8, 4) is 0 Å². The molecule has 6 heteroatoms. The molecule has 2 N–H and O–H groups in total. The average molecular weight is 324 g/mol. The van der Waals surface area contributed by atoms with Crippen molar-refractivity contribution >= 4 is 11.6 Å². The molecule has 1 heterocycles. The van der Waals surface area contributed by atoms with Gasteiger partial charge in [0, 0.05) is 23.5 Å². The maximum atomic E-state index is 13.6. The average Bonchev–Trinajstić information content (AvgIpc) is 2.47. The second kappa shape index (κ2) is 7.13. The molecule has 4 nitrogen and oxygen atoms in total. The highest BCUT2D eigenvalue weighted by Gasteiger charge is 2.18. The van der Waals surface area contributed by atoms with Crippen LogP contribution in [0.1, 0.15) is 41.7 Å². The molecular formula is C16H19ClFN3O. The Kier molecular flexibility index (Phi) is 5.45. The number of aliphatic hydroxyl groups is 1. The molecule has 118 valence electrons. The molecule has 0 aliphatic heterocycles. The molecule has 0 aliphatic carbocycles. The number of rotatable bonds is 5. The Hall–Kier alpha value is -1.56. The molecule has 22 heavy (non-hydrogen) atoms. The predicted molar refractivity (Wildman–Crippen MR) is 84.3 cm³/mol. The van der Waals surface area contributed by atoms with Crippen LogP contribution >= 0.6 is 11.6 Å². The van der Waals surface area contributed by atoms with E-state index in [0.29, 0.717) is 11.4 Å². The highest BCUT2D eigenvalue weighted by atomic mass is 35.5. The monoisotopic (exact) mass is 323 g/mol. The zero-order chi connectivity index (χ0) is 16.3. The van der Waals surface area contributed by atoms with E-state index in [2.05, 4.69) is 15.3 Å². The molecule has 1 aromatic carbocycles. The first kappa shape index (κ1) is 16.8. The quantitative estimate of drug-likeness (QED) is 0.886. The number of aromatic nitrogens is 2. The SMILES string of the molecule is Cc1ncc(C(C)NC(CO)c2ccc(Cl)c(F)c2)c(C)n1. The summed E-state index contributed by atoms with van der Waals surface area (Å²) < 4.78 is 13.6. The van der Waals surface area contributed by atoms with E-state index in [9.17, 15) is 9.50 Å². The molecule has 0 radical (unpaired) electrons. The lowest BCUT2D eigenvalue weighted by Gasteiger charge is -2.23. The van der Waals surface area contributed by atoms with Crippen molar-refractivity contribution in [3.05, 3.63) is 57.9 Å². The lowest BCUT2D eigenvalue weighted by Crippen LogP contribution is -2.28. The molecule has 2 unspecified atom stereocenters. The lowest BCUT2D eigenvalue weighted by molar-refractivity contribution is 0.235. The topological polar surface area (TPSA) is 58.0 Å². The first-order valence-corrected chi connectivity index (χ1v) is 7.42. The third kappa shape index (κ3) is 3.80. The third-order valence-corrected chi connectivity index (χ3v) is 3.89. The molecule has 0 saturated heterocycles. The zero-order valence-electron chi connectivity index (χ0n) is 12.8. The van der Waals surface area contributed by atoms with Gasteiger partial charge in [-0.3, -0.25) is 0 Å². The van der Waals surface area contributed by atoms with Gasteiger partial charge in [-0.25, -0.2) is 14.4 Å². The Labute approximate surface area is 134 Å². The Morgan fingerprint density at radius 1 is 1.36 bits per heavy atom. The summed E-state index contributed by atoms with van der Waals surface area (Å²) in [5.74, 6) is 0.217. The van der Waals surface area contributed by atoms with Crippen LogP contribution in [0.4, 0.5) is 4.39 Å². The number of benzene rings is 1. The normalized spacial score (nSPS) is 13.9. The van der Waals surface area contributed by atoms with Crippen LogP contribution in [0.5, 0.6) is 0 Å². The summed E-state index contributed by atoms with van der Waals surface area (Å²) in [5, 5.41) is 12.9. The van der Waals surface area contributed by atoms with Crippen molar-refractivity contribution < 1.29 is 9.50 Å². The van der Waals surface area contributed by atoms with Crippen LogP contribution in [0.3, 0.4) is 0 Å². The fourth-order valence-corrected chi connectivity index (χ4v) is 2.51. The molecule has 0 fully saturated rings. The van der Waals surface area contributed by atoms with Crippen LogP contribution in [0.2, 0.25) is 5.02 Å². The first-order chi connectivity index (χ1) is 10.4. The molecular weight excluding hydrogens is 305 g/mol. The molecule has 0 bridgehead atoms. The minimum Gasteiger partial charge on any atom is -0.394 e. The lowest BCUT2D eigenvalue weighted by atomic mass is 10.0. The van der Waals surface area contributed by atoms with Gasteiger partial charge in [-0.15, -0.1) is 0 Å². The van der Waals surface area contributed by atoms with Gasteiger partial charge in [-0.2, -0.15) is 0 Å². The van der Waals surface area contributed by atoms with E-state index in [4.69, 9.17) is 11.6 Å². The Balaban J connectivity index is 2.20. The van der Waals surface area contributed by atoms with Crippen molar-refractivity contribution in [2.45, 2.75) is 32.9 Å². The second-order valence-corrected chi connectivity index (χ2v) is 5.66. The van der Waals surface area contributed by atoms with Crippen LogP contribution < -0.4 is 5.32 Å². The molecule has 1 aromatic heterocycles. The van der Waals surface area contributed by atoms with Crippen molar-refractivity contribution in [1.29, 1.82) is 0 Å². The van der Waals surface area contributed by atoms with Crippen LogP contribution in [-0.2, 0) is 0 Å². The Morgan fingerprint density at radius 2 is 2.09 bits per heavy atom. The van der Waals surface area contributed by atoms with Gasteiger partial charge in [0.1, 0.15) is 11.6 Å². The van der Waals surface area contributed by atoms with Gasteiger partial charge in [0.25, 0.3) is 0 Å². The number of hydrogen-bond acceptors (Lipinski definition) is 4. The zero-order valence-corrected chi connectivity index (χ0v) is 13.5. The summed E-state index contributed by atoms with van der Waals surface area (Å²) in [7, 11) is 0. The molecule has 2 rings (SSSR count). The summed E-state index contributed by atoms with van der Waals surface area (Å²) in [5.41, 5.74) is 2.46. The summed E-state index contributed by atoms with van der Waals surface area (Å²) in [6.07, 6.45) is 1.77. The second-order valence-electron chi connectivity index (χ2n) is 5.26. The van der Waals surface area contributed by atoms with Gasteiger partial charge in [-0.05, 0) is 38.5 Å². The molecule has 2 atom stereocenters. The van der Waals surface area contributed by atoms with E-state index in [0.717, 1.165) is 11.3 Å². The van der Waals surface area contributed by atoms with Crippen molar-refractivity contribution in [1.82, 2.24) is 15.3 Å². The van der Waals surface area contributed by atoms with Gasteiger partial charge in [0.05, 0.1) is 17.7 Å². The fourth-order valence-electron chi connectivity index (χ4n) is 2.39. The van der Waals surface area contributed by atoms with E-state index < -0.39 is 11.9 Å². The number of aliphatic hydroxyl groups excluding tert-OH is 1. The minimum atomic E-state index is -0.498. The van der Waals surface area contributed by atoms with Crippen LogP contribution in [0.25, 0.3) is 0 Å². The van der Waals surface area contributed by atoms with Gasteiger partial charge < -0.3 is 10.4 Å². The largest absolute Gasteiger partial charge is 0.394 e.